The van der Waals surface area contributed by atoms with Gasteiger partial charge in [0.05, 0.1) is 17.8 Å². The van der Waals surface area contributed by atoms with E-state index in [2.05, 4.69) is 20.6 Å². The highest BCUT2D eigenvalue weighted by Gasteiger charge is 2.11. The first-order valence-electron chi connectivity index (χ1n) is 8.02. The number of carbonyl (C=O) groups excluding carboxylic acids is 1. The Morgan fingerprint density at radius 3 is 2.52 bits per heavy atom. The summed E-state index contributed by atoms with van der Waals surface area (Å²) in [6.07, 6.45) is 4.96. The number of rotatable bonds is 5. The van der Waals surface area contributed by atoms with Gasteiger partial charge >= 0.3 is 6.03 Å². The van der Waals surface area contributed by atoms with Crippen LogP contribution in [0.4, 0.5) is 10.5 Å². The van der Waals surface area contributed by atoms with Crippen molar-refractivity contribution in [2.45, 2.75) is 6.54 Å². The summed E-state index contributed by atoms with van der Waals surface area (Å²) in [6, 6.07) is 10.1. The van der Waals surface area contributed by atoms with Crippen LogP contribution in [-0.4, -0.2) is 28.2 Å². The smallest absolute Gasteiger partial charge is 0.319 e. The number of benzene rings is 2. The largest absolute Gasteiger partial charge is 0.506 e. The number of hydrogen-bond acceptors (Lipinski definition) is 5. The summed E-state index contributed by atoms with van der Waals surface area (Å²) in [4.78, 5) is 20.1. The van der Waals surface area contributed by atoms with Crippen LogP contribution in [0.5, 0.6) is 11.5 Å². The number of ether oxygens (including phenoxy) is 1. The van der Waals surface area contributed by atoms with Gasteiger partial charge in [0.15, 0.2) is 0 Å². The van der Waals surface area contributed by atoms with Crippen molar-refractivity contribution in [1.29, 1.82) is 0 Å². The Labute approximate surface area is 161 Å². The third-order valence-corrected chi connectivity index (χ3v) is 4.12. The van der Waals surface area contributed by atoms with Crippen LogP contribution < -0.4 is 15.4 Å². The van der Waals surface area contributed by atoms with Crippen molar-refractivity contribution in [3.05, 3.63) is 65.7 Å². The molecule has 0 aliphatic heterocycles. The Balaban J connectivity index is 1.60. The summed E-state index contributed by atoms with van der Waals surface area (Å²) in [5.74, 6) is 0.185. The zero-order valence-electron chi connectivity index (χ0n) is 14.4. The summed E-state index contributed by atoms with van der Waals surface area (Å²) in [7, 11) is 1.44. The summed E-state index contributed by atoms with van der Waals surface area (Å²) < 4.78 is 5.13. The van der Waals surface area contributed by atoms with Gasteiger partial charge in [0.2, 0.25) is 0 Å². The van der Waals surface area contributed by atoms with Crippen molar-refractivity contribution in [1.82, 2.24) is 15.3 Å². The number of hydrogen-bond donors (Lipinski definition) is 3. The highest BCUT2D eigenvalue weighted by atomic mass is 35.5. The summed E-state index contributed by atoms with van der Waals surface area (Å²) >= 11 is 5.88. The Morgan fingerprint density at radius 2 is 1.85 bits per heavy atom. The summed E-state index contributed by atoms with van der Waals surface area (Å²) in [5.41, 5.74) is 3.21. The number of aromatic nitrogens is 2. The first kappa shape index (κ1) is 18.5. The molecule has 7 nitrogen and oxygen atoms in total. The van der Waals surface area contributed by atoms with Crippen LogP contribution in [0.2, 0.25) is 5.02 Å². The first-order valence-corrected chi connectivity index (χ1v) is 8.40. The van der Waals surface area contributed by atoms with Crippen molar-refractivity contribution in [3.63, 3.8) is 0 Å². The van der Waals surface area contributed by atoms with E-state index < -0.39 is 6.03 Å². The predicted molar refractivity (Wildman–Crippen MR) is 103 cm³/mol. The standard InChI is InChI=1S/C19H17ClN4O3/c1-27-18-7-17(25)15(20)6-16(18)24-19(26)23-8-12-2-4-13(5-3-12)14-9-21-11-22-10-14/h2-7,9-11,25H,8H2,1H3,(H2,23,24,26). The van der Waals surface area contributed by atoms with Gasteiger partial charge in [-0.15, -0.1) is 0 Å². The number of urea groups is 1. The van der Waals surface area contributed by atoms with Crippen molar-refractivity contribution >= 4 is 23.3 Å². The van der Waals surface area contributed by atoms with Crippen molar-refractivity contribution < 1.29 is 14.6 Å². The third kappa shape index (κ3) is 4.65. The lowest BCUT2D eigenvalue weighted by Gasteiger charge is -2.12. The van der Waals surface area contributed by atoms with E-state index in [1.54, 1.807) is 12.4 Å². The molecule has 0 bridgehead atoms. The second kappa shape index (κ2) is 8.37. The molecular formula is C19H17ClN4O3. The Kier molecular flexibility index (Phi) is 5.73. The monoisotopic (exact) mass is 384 g/mol. The summed E-state index contributed by atoms with van der Waals surface area (Å²) in [5, 5.41) is 15.1. The first-order chi connectivity index (χ1) is 13.1. The minimum absolute atomic E-state index is 0.117. The fraction of sp³-hybridized carbons (Fsp3) is 0.105. The van der Waals surface area contributed by atoms with Gasteiger partial charge in [0.25, 0.3) is 0 Å². The maximum atomic E-state index is 12.1. The average molecular weight is 385 g/mol. The average Bonchev–Trinajstić information content (AvgIpc) is 2.70. The number of phenols is 1. The van der Waals surface area contributed by atoms with Crippen LogP contribution in [0.15, 0.2) is 55.1 Å². The second-order valence-corrected chi connectivity index (χ2v) is 6.04. The minimum atomic E-state index is -0.421. The van der Waals surface area contributed by atoms with Gasteiger partial charge in [-0.1, -0.05) is 35.9 Å². The molecule has 3 rings (SSSR count). The molecule has 0 spiro atoms. The number of halogens is 1. The van der Waals surface area contributed by atoms with Crippen LogP contribution in [0.3, 0.4) is 0 Å². The normalized spacial score (nSPS) is 10.3. The lowest BCUT2D eigenvalue weighted by Crippen LogP contribution is -2.28. The molecule has 0 radical (unpaired) electrons. The Morgan fingerprint density at radius 1 is 1.15 bits per heavy atom. The number of phenolic OH excluding ortho intramolecular Hbond substituents is 1. The molecule has 3 N–H and O–H groups in total. The SMILES string of the molecule is COc1cc(O)c(Cl)cc1NC(=O)NCc1ccc(-c2cncnc2)cc1. The van der Waals surface area contributed by atoms with E-state index in [0.717, 1.165) is 16.7 Å². The van der Waals surface area contributed by atoms with Crippen molar-refractivity contribution in [3.8, 4) is 22.6 Å². The predicted octanol–water partition coefficient (Wildman–Crippen LogP) is 3.83. The molecule has 1 heterocycles. The number of amides is 2. The molecule has 0 unspecified atom stereocenters. The van der Waals surface area contributed by atoms with Gasteiger partial charge in [-0.2, -0.15) is 0 Å². The van der Waals surface area contributed by atoms with Crippen LogP contribution in [-0.2, 0) is 6.54 Å². The number of nitrogens with zero attached hydrogens (tertiary/aromatic N) is 2. The number of anilines is 1. The van der Waals surface area contributed by atoms with E-state index in [1.807, 2.05) is 24.3 Å². The fourth-order valence-corrected chi connectivity index (χ4v) is 2.58. The van der Waals surface area contributed by atoms with Gasteiger partial charge in [-0.3, -0.25) is 0 Å². The maximum absolute atomic E-state index is 12.1. The number of aromatic hydroxyl groups is 1. The molecule has 2 aromatic carbocycles. The molecule has 1 aromatic heterocycles. The number of nitrogens with one attached hydrogen (secondary N) is 2. The molecule has 0 saturated carbocycles. The van der Waals surface area contributed by atoms with Crippen molar-refractivity contribution in [2.24, 2.45) is 0 Å². The zero-order chi connectivity index (χ0) is 19.2. The maximum Gasteiger partial charge on any atom is 0.319 e. The molecule has 138 valence electrons. The van der Waals surface area contributed by atoms with Gasteiger partial charge in [0.1, 0.15) is 17.8 Å². The minimum Gasteiger partial charge on any atom is -0.506 e. The molecule has 0 saturated heterocycles. The van der Waals surface area contributed by atoms with E-state index in [0.29, 0.717) is 18.0 Å². The van der Waals surface area contributed by atoms with Gasteiger partial charge < -0.3 is 20.5 Å². The quantitative estimate of drug-likeness (QED) is 0.581. The third-order valence-electron chi connectivity index (χ3n) is 3.82. The molecular weight excluding hydrogens is 368 g/mol. The molecule has 3 aromatic rings. The number of methoxy groups -OCH3 is 1. The lowest BCUT2D eigenvalue weighted by atomic mass is 10.1. The Bertz CT molecular complexity index is 934. The topological polar surface area (TPSA) is 96.4 Å². The molecule has 2 amide bonds. The van der Waals surface area contributed by atoms with Crippen molar-refractivity contribution in [2.75, 3.05) is 12.4 Å². The van der Waals surface area contributed by atoms with Crippen LogP contribution in [0.25, 0.3) is 11.1 Å². The van der Waals surface area contributed by atoms with E-state index in [1.165, 1.54) is 25.6 Å². The second-order valence-electron chi connectivity index (χ2n) is 5.64. The molecule has 27 heavy (non-hydrogen) atoms. The lowest BCUT2D eigenvalue weighted by molar-refractivity contribution is 0.251. The molecule has 0 aliphatic carbocycles. The Hall–Kier alpha value is -3.32. The van der Waals surface area contributed by atoms with E-state index in [-0.39, 0.29) is 10.8 Å². The molecule has 0 atom stereocenters. The van der Waals surface area contributed by atoms with E-state index >= 15 is 0 Å². The summed E-state index contributed by atoms with van der Waals surface area (Å²) in [6.45, 7) is 0.339. The molecule has 0 aliphatic rings. The number of carbonyl (C=O) groups is 1. The molecule has 0 fully saturated rings. The van der Waals surface area contributed by atoms with Crippen LogP contribution in [0.1, 0.15) is 5.56 Å². The van der Waals surface area contributed by atoms with Crippen LogP contribution >= 0.6 is 11.6 Å². The van der Waals surface area contributed by atoms with E-state index in [4.69, 9.17) is 16.3 Å². The van der Waals surface area contributed by atoms with Gasteiger partial charge in [0, 0.05) is 30.6 Å². The van der Waals surface area contributed by atoms with Gasteiger partial charge in [-0.05, 0) is 17.2 Å². The van der Waals surface area contributed by atoms with Gasteiger partial charge in [-0.25, -0.2) is 14.8 Å². The van der Waals surface area contributed by atoms with Crippen LogP contribution in [0, 0.1) is 0 Å². The van der Waals surface area contributed by atoms with E-state index in [9.17, 15) is 9.90 Å². The fourth-order valence-electron chi connectivity index (χ4n) is 2.42. The molecule has 8 heteroatoms. The zero-order valence-corrected chi connectivity index (χ0v) is 15.2. The highest BCUT2D eigenvalue weighted by Crippen LogP contribution is 2.35. The highest BCUT2D eigenvalue weighted by molar-refractivity contribution is 6.32.